The lowest BCUT2D eigenvalue weighted by atomic mass is 10.3. The van der Waals surface area contributed by atoms with Crippen LogP contribution in [0.1, 0.15) is 0 Å². The van der Waals surface area contributed by atoms with Crippen LogP contribution in [0.25, 0.3) is 83.3 Å². The molecular weight excluding hydrogens is 673 g/mol. The van der Waals surface area contributed by atoms with Crippen LogP contribution < -0.4 is 0 Å². The number of thiophene rings is 6. The van der Waals surface area contributed by atoms with Crippen molar-refractivity contribution in [3.8, 4) is 83.3 Å². The molecule has 9 rings (SSSR count). The highest BCUT2D eigenvalue weighted by Crippen LogP contribution is 2.45. The van der Waals surface area contributed by atoms with Gasteiger partial charge in [0.05, 0.1) is 29.3 Å². The minimum Gasteiger partial charge on any atom is -0.454 e. The Morgan fingerprint density at radius 3 is 0.800 bits per heavy atom. The Morgan fingerprint density at radius 2 is 0.533 bits per heavy atom. The largest absolute Gasteiger partial charge is 0.454 e. The maximum absolute atomic E-state index is 6.38. The van der Waals surface area contributed by atoms with Crippen molar-refractivity contribution >= 4 is 68.0 Å². The first kappa shape index (κ1) is 27.4. The first-order chi connectivity index (χ1) is 22.2. The highest BCUT2D eigenvalue weighted by atomic mass is 32.1. The molecule has 0 aliphatic rings. The lowest BCUT2D eigenvalue weighted by Gasteiger charge is -1.94. The van der Waals surface area contributed by atoms with E-state index in [1.54, 1.807) is 68.0 Å². The fourth-order valence-electron chi connectivity index (χ4n) is 5.06. The molecule has 0 aliphatic heterocycles. The Balaban J connectivity index is 0.908. The molecule has 0 bridgehead atoms. The third kappa shape index (κ3) is 5.25. The van der Waals surface area contributed by atoms with E-state index in [1.165, 1.54) is 19.5 Å². The number of rotatable bonds is 8. The van der Waals surface area contributed by atoms with Gasteiger partial charge in [-0.05, 0) is 108 Å². The first-order valence-electron chi connectivity index (χ1n) is 14.0. The molecule has 9 heteroatoms. The summed E-state index contributed by atoms with van der Waals surface area (Å²) in [4.78, 5) is 11.6. The van der Waals surface area contributed by atoms with E-state index in [2.05, 4.69) is 108 Å². The van der Waals surface area contributed by atoms with E-state index in [-0.39, 0.29) is 0 Å². The number of hydrogen-bond donors (Lipinski definition) is 0. The summed E-state index contributed by atoms with van der Waals surface area (Å²) in [5, 5.41) is 4.14. The van der Waals surface area contributed by atoms with Crippen molar-refractivity contribution in [2.45, 2.75) is 0 Å². The summed E-state index contributed by atoms with van der Waals surface area (Å²) in [6.45, 7) is 0. The average Bonchev–Trinajstić information content (AvgIpc) is 3.94. The molecule has 0 amide bonds. The lowest BCUT2D eigenvalue weighted by Crippen LogP contribution is -1.63. The summed E-state index contributed by atoms with van der Waals surface area (Å²) in [5.41, 5.74) is 0. The van der Waals surface area contributed by atoms with Crippen molar-refractivity contribution in [2.75, 3.05) is 0 Å². The average molecular weight is 693 g/mol. The SMILES string of the molecule is c1csc(-c2ccc(-c3ccc(-c4ccc(-c5ccc(-c6ccc(-c7ccc(-c8ccc(-c9cccs9)o8)s7)s6)o5)s4)s3)o2)c1. The molecule has 0 spiro atoms. The van der Waals surface area contributed by atoms with Crippen LogP contribution in [0.4, 0.5) is 0 Å². The van der Waals surface area contributed by atoms with Gasteiger partial charge in [-0.3, -0.25) is 0 Å². The molecule has 9 aromatic heterocycles. The van der Waals surface area contributed by atoms with E-state index in [4.69, 9.17) is 13.3 Å². The van der Waals surface area contributed by atoms with Gasteiger partial charge in [-0.15, -0.1) is 68.0 Å². The van der Waals surface area contributed by atoms with Gasteiger partial charge in [0.15, 0.2) is 0 Å². The standard InChI is InChI=1S/C36H20O3S6/c1-3-27(40-19-1)21-5-7-23(37-21)29-11-15-33(42-29)35-17-13-31(44-35)25-9-10-26(39-25)32-14-18-36(45-32)34-16-12-30(43-34)24-8-6-22(38-24)28-4-2-20-41-28/h1-20H. The van der Waals surface area contributed by atoms with E-state index in [9.17, 15) is 0 Å². The van der Waals surface area contributed by atoms with Crippen LogP contribution in [0.2, 0.25) is 0 Å². The zero-order valence-corrected chi connectivity index (χ0v) is 28.1. The minimum absolute atomic E-state index is 0.886. The summed E-state index contributed by atoms with van der Waals surface area (Å²) in [5.74, 6) is 5.41. The third-order valence-electron chi connectivity index (χ3n) is 7.23. The second-order valence-corrected chi connectivity index (χ2v) is 16.3. The molecule has 45 heavy (non-hydrogen) atoms. The lowest BCUT2D eigenvalue weighted by molar-refractivity contribution is 0.600. The van der Waals surface area contributed by atoms with E-state index in [0.29, 0.717) is 0 Å². The number of furan rings is 3. The van der Waals surface area contributed by atoms with Crippen LogP contribution in [0.15, 0.2) is 133 Å². The summed E-state index contributed by atoms with van der Waals surface area (Å²) < 4.78 is 18.7. The molecule has 3 nitrogen and oxygen atoms in total. The van der Waals surface area contributed by atoms with Crippen LogP contribution >= 0.6 is 68.0 Å². The van der Waals surface area contributed by atoms with Gasteiger partial charge >= 0.3 is 0 Å². The Labute approximate surface area is 282 Å². The highest BCUT2D eigenvalue weighted by molar-refractivity contribution is 7.26. The van der Waals surface area contributed by atoms with Crippen LogP contribution in [0.3, 0.4) is 0 Å². The van der Waals surface area contributed by atoms with E-state index in [0.717, 1.165) is 63.8 Å². The predicted molar refractivity (Wildman–Crippen MR) is 194 cm³/mol. The summed E-state index contributed by atoms with van der Waals surface area (Å²) in [6.07, 6.45) is 0. The second kappa shape index (κ2) is 11.4. The Morgan fingerprint density at radius 1 is 0.267 bits per heavy atom. The molecule has 218 valence electrons. The molecule has 9 aromatic rings. The Hall–Kier alpha value is -3.96. The van der Waals surface area contributed by atoms with E-state index in [1.807, 2.05) is 12.1 Å². The molecule has 0 aliphatic carbocycles. The maximum Gasteiger partial charge on any atom is 0.144 e. The highest BCUT2D eigenvalue weighted by Gasteiger charge is 2.16. The summed E-state index contributed by atoms with van der Waals surface area (Å²) in [7, 11) is 0. The molecule has 0 aromatic carbocycles. The smallest absolute Gasteiger partial charge is 0.144 e. The molecule has 0 saturated heterocycles. The van der Waals surface area contributed by atoms with Gasteiger partial charge in [-0.2, -0.15) is 0 Å². The summed E-state index contributed by atoms with van der Waals surface area (Å²) >= 11 is 10.4. The van der Waals surface area contributed by atoms with Gasteiger partial charge in [-0.1, -0.05) is 12.1 Å². The zero-order chi connectivity index (χ0) is 29.7. The van der Waals surface area contributed by atoms with Crippen LogP contribution in [0.5, 0.6) is 0 Å². The van der Waals surface area contributed by atoms with Crippen molar-refractivity contribution in [3.63, 3.8) is 0 Å². The van der Waals surface area contributed by atoms with Crippen LogP contribution in [-0.2, 0) is 0 Å². The Bertz CT molecular complexity index is 2180. The van der Waals surface area contributed by atoms with Gasteiger partial charge in [0.25, 0.3) is 0 Å². The van der Waals surface area contributed by atoms with Gasteiger partial charge in [0.1, 0.15) is 34.6 Å². The normalized spacial score (nSPS) is 11.6. The van der Waals surface area contributed by atoms with Crippen molar-refractivity contribution in [3.05, 3.63) is 120 Å². The fourth-order valence-corrected chi connectivity index (χ4v) is 10.5. The maximum atomic E-state index is 6.38. The van der Waals surface area contributed by atoms with Gasteiger partial charge in [0, 0.05) is 19.5 Å². The molecule has 0 unspecified atom stereocenters. The van der Waals surface area contributed by atoms with Crippen molar-refractivity contribution in [1.29, 1.82) is 0 Å². The fraction of sp³-hybridized carbons (Fsp3) is 0. The molecule has 0 atom stereocenters. The number of hydrogen-bond acceptors (Lipinski definition) is 9. The quantitative estimate of drug-likeness (QED) is 0.159. The molecule has 0 radical (unpaired) electrons. The Kier molecular flexibility index (Phi) is 6.95. The van der Waals surface area contributed by atoms with Gasteiger partial charge in [-0.25, -0.2) is 0 Å². The van der Waals surface area contributed by atoms with Gasteiger partial charge < -0.3 is 13.3 Å². The second-order valence-electron chi connectivity index (χ2n) is 10.1. The molecule has 9 heterocycles. The minimum atomic E-state index is 0.886. The van der Waals surface area contributed by atoms with E-state index < -0.39 is 0 Å². The molecule has 0 N–H and O–H groups in total. The molecule has 0 saturated carbocycles. The first-order valence-corrected chi connectivity index (χ1v) is 19.0. The van der Waals surface area contributed by atoms with E-state index >= 15 is 0 Å². The van der Waals surface area contributed by atoms with Crippen molar-refractivity contribution in [2.24, 2.45) is 0 Å². The van der Waals surface area contributed by atoms with Crippen LogP contribution in [-0.4, -0.2) is 0 Å². The topological polar surface area (TPSA) is 39.4 Å². The monoisotopic (exact) mass is 692 g/mol. The predicted octanol–water partition coefficient (Wildman–Crippen LogP) is 14.2. The molecule has 0 fully saturated rings. The van der Waals surface area contributed by atoms with Crippen LogP contribution in [0, 0.1) is 0 Å². The zero-order valence-electron chi connectivity index (χ0n) is 23.2. The summed E-state index contributed by atoms with van der Waals surface area (Å²) in [6, 6.07) is 37.9. The van der Waals surface area contributed by atoms with Gasteiger partial charge in [0.2, 0.25) is 0 Å². The molecular formula is C36H20O3S6. The van der Waals surface area contributed by atoms with Crippen molar-refractivity contribution < 1.29 is 13.3 Å². The third-order valence-corrected chi connectivity index (χ3v) is 13.8. The van der Waals surface area contributed by atoms with Crippen molar-refractivity contribution in [1.82, 2.24) is 0 Å².